The van der Waals surface area contributed by atoms with Crippen LogP contribution in [0, 0.1) is 10.1 Å². The number of hydrogen-bond donors (Lipinski definition) is 2. The lowest BCUT2D eigenvalue weighted by Crippen LogP contribution is -2.32. The highest BCUT2D eigenvalue weighted by molar-refractivity contribution is 7.89. The molecule has 0 aliphatic carbocycles. The topological polar surface area (TPSA) is 120 Å². The first-order valence-electron chi connectivity index (χ1n) is 6.74. The van der Waals surface area contributed by atoms with Gasteiger partial charge in [0.15, 0.2) is 16.4 Å². The molecule has 1 aliphatic heterocycles. The molecule has 1 aromatic carbocycles. The van der Waals surface area contributed by atoms with Crippen LogP contribution >= 0.6 is 0 Å². The van der Waals surface area contributed by atoms with Gasteiger partial charge in [-0.3, -0.25) is 10.1 Å². The van der Waals surface area contributed by atoms with E-state index in [-0.39, 0.29) is 31.3 Å². The van der Waals surface area contributed by atoms with Crippen LogP contribution in [0.4, 0.5) is 5.69 Å². The highest BCUT2D eigenvalue weighted by Gasteiger charge is 2.30. The molecule has 22 heavy (non-hydrogen) atoms. The molecule has 122 valence electrons. The normalized spacial score (nSPS) is 13.9. The average Bonchev–Trinajstić information content (AvgIpc) is 2.50. The quantitative estimate of drug-likeness (QED) is 0.417. The molecule has 0 fully saturated rings. The van der Waals surface area contributed by atoms with Gasteiger partial charge in [0, 0.05) is 19.2 Å². The Morgan fingerprint density at radius 1 is 1.23 bits per heavy atom. The summed E-state index contributed by atoms with van der Waals surface area (Å²) in [7, 11) is -4.02. The first-order chi connectivity index (χ1) is 10.5. The molecule has 1 aromatic rings. The van der Waals surface area contributed by atoms with Crippen LogP contribution in [-0.2, 0) is 10.0 Å². The van der Waals surface area contributed by atoms with E-state index in [1.807, 2.05) is 6.92 Å². The van der Waals surface area contributed by atoms with Crippen LogP contribution < -0.4 is 19.5 Å². The molecule has 2 N–H and O–H groups in total. The maximum absolute atomic E-state index is 12.3. The highest BCUT2D eigenvalue weighted by atomic mass is 32.2. The zero-order chi connectivity index (χ0) is 16.2. The molecule has 0 aromatic heterocycles. The van der Waals surface area contributed by atoms with Crippen molar-refractivity contribution in [3.05, 3.63) is 22.2 Å². The minimum absolute atomic E-state index is 0.127. The number of sulfonamides is 1. The number of hydrogen-bond acceptors (Lipinski definition) is 7. The zero-order valence-corrected chi connectivity index (χ0v) is 12.8. The molecule has 0 amide bonds. The van der Waals surface area contributed by atoms with Crippen LogP contribution in [0.3, 0.4) is 0 Å². The highest BCUT2D eigenvalue weighted by Crippen LogP contribution is 2.38. The van der Waals surface area contributed by atoms with Crippen molar-refractivity contribution < 1.29 is 22.8 Å². The van der Waals surface area contributed by atoms with E-state index in [4.69, 9.17) is 9.47 Å². The van der Waals surface area contributed by atoms with Gasteiger partial charge in [0.2, 0.25) is 10.0 Å². The summed E-state index contributed by atoms with van der Waals surface area (Å²) in [6.45, 7) is 3.66. The second-order valence-corrected chi connectivity index (χ2v) is 6.21. The van der Waals surface area contributed by atoms with Crippen molar-refractivity contribution in [3.8, 4) is 11.5 Å². The van der Waals surface area contributed by atoms with E-state index in [2.05, 4.69) is 10.0 Å². The number of fused-ring (bicyclic) bond motifs is 1. The van der Waals surface area contributed by atoms with Crippen molar-refractivity contribution >= 4 is 15.7 Å². The molecule has 0 spiro atoms. The summed E-state index contributed by atoms with van der Waals surface area (Å²) < 4.78 is 37.4. The van der Waals surface area contributed by atoms with Crippen molar-refractivity contribution in [3.63, 3.8) is 0 Å². The molecule has 1 heterocycles. The number of nitro groups is 1. The molecule has 2 rings (SSSR count). The Kier molecular flexibility index (Phi) is 5.16. The van der Waals surface area contributed by atoms with E-state index in [1.54, 1.807) is 0 Å². The molecular weight excluding hydrogens is 314 g/mol. The minimum atomic E-state index is -4.02. The Morgan fingerprint density at radius 3 is 2.45 bits per heavy atom. The third kappa shape index (κ3) is 3.64. The number of ether oxygens (including phenoxy) is 2. The third-order valence-electron chi connectivity index (χ3n) is 2.95. The minimum Gasteiger partial charge on any atom is -0.486 e. The summed E-state index contributed by atoms with van der Waals surface area (Å²) >= 11 is 0. The van der Waals surface area contributed by atoms with Gasteiger partial charge in [0.05, 0.1) is 11.0 Å². The molecular formula is C12H17N3O6S. The van der Waals surface area contributed by atoms with E-state index >= 15 is 0 Å². The fraction of sp³-hybridized carbons (Fsp3) is 0.500. The number of nitrogens with zero attached hydrogens (tertiary/aromatic N) is 1. The maximum atomic E-state index is 12.3. The second-order valence-electron chi connectivity index (χ2n) is 4.47. The van der Waals surface area contributed by atoms with E-state index in [1.165, 1.54) is 0 Å². The van der Waals surface area contributed by atoms with Gasteiger partial charge in [-0.2, -0.15) is 0 Å². The summed E-state index contributed by atoms with van der Waals surface area (Å²) in [6, 6.07) is 2.20. The lowest BCUT2D eigenvalue weighted by Gasteiger charge is -2.19. The lowest BCUT2D eigenvalue weighted by atomic mass is 10.2. The smallest absolute Gasteiger partial charge is 0.293 e. The van der Waals surface area contributed by atoms with E-state index < -0.39 is 25.5 Å². The van der Waals surface area contributed by atoms with Gasteiger partial charge in [-0.15, -0.1) is 0 Å². The third-order valence-corrected chi connectivity index (χ3v) is 4.44. The monoisotopic (exact) mass is 331 g/mol. The van der Waals surface area contributed by atoms with Crippen molar-refractivity contribution in [1.29, 1.82) is 0 Å². The second kappa shape index (κ2) is 6.90. The first kappa shape index (κ1) is 16.5. The lowest BCUT2D eigenvalue weighted by molar-refractivity contribution is -0.388. The Bertz CT molecular complexity index is 661. The first-order valence-corrected chi connectivity index (χ1v) is 8.22. The maximum Gasteiger partial charge on any atom is 0.293 e. The standard InChI is InChI=1S/C12H17N3O6S/c1-2-13-3-4-14-22(18,19)12-8-11-10(20-5-6-21-11)7-9(12)15(16)17/h7-8,13-14H,2-6H2,1H3. The zero-order valence-electron chi connectivity index (χ0n) is 12.0. The summed E-state index contributed by atoms with van der Waals surface area (Å²) in [5.41, 5.74) is -0.541. The Hall–Kier alpha value is -1.91. The SMILES string of the molecule is CCNCCNS(=O)(=O)c1cc2c(cc1[N+](=O)[O-])OCCO2. The number of nitro benzene ring substituents is 1. The summed E-state index contributed by atoms with van der Waals surface area (Å²) in [5, 5.41) is 14.1. The van der Waals surface area contributed by atoms with E-state index in [9.17, 15) is 18.5 Å². The van der Waals surface area contributed by atoms with Gasteiger partial charge >= 0.3 is 0 Å². The fourth-order valence-electron chi connectivity index (χ4n) is 1.95. The van der Waals surface area contributed by atoms with E-state index in [0.29, 0.717) is 13.1 Å². The van der Waals surface area contributed by atoms with Crippen LogP contribution in [-0.4, -0.2) is 46.2 Å². The Labute approximate surface area is 127 Å². The number of likely N-dealkylation sites (N-methyl/N-ethyl adjacent to an activating group) is 1. The van der Waals surface area contributed by atoms with Gasteiger partial charge < -0.3 is 14.8 Å². The van der Waals surface area contributed by atoms with Gasteiger partial charge in [-0.05, 0) is 6.54 Å². The predicted octanol–water partition coefficient (Wildman–Crippen LogP) is 0.254. The fourth-order valence-corrected chi connectivity index (χ4v) is 3.14. The Morgan fingerprint density at radius 2 is 1.86 bits per heavy atom. The van der Waals surface area contributed by atoms with Crippen LogP contribution in [0.1, 0.15) is 6.92 Å². The molecule has 10 heteroatoms. The molecule has 9 nitrogen and oxygen atoms in total. The van der Waals surface area contributed by atoms with Crippen molar-refractivity contribution in [1.82, 2.24) is 10.0 Å². The van der Waals surface area contributed by atoms with Crippen LogP contribution in [0.5, 0.6) is 11.5 Å². The number of benzene rings is 1. The van der Waals surface area contributed by atoms with Gasteiger partial charge in [0.1, 0.15) is 13.2 Å². The average molecular weight is 331 g/mol. The largest absolute Gasteiger partial charge is 0.486 e. The van der Waals surface area contributed by atoms with Crippen LogP contribution in [0.25, 0.3) is 0 Å². The summed E-state index contributed by atoms with van der Waals surface area (Å²) in [4.78, 5) is 9.95. The molecule has 0 unspecified atom stereocenters. The number of rotatable bonds is 7. The summed E-state index contributed by atoms with van der Waals surface area (Å²) in [5.74, 6) is 0.355. The van der Waals surface area contributed by atoms with Gasteiger partial charge in [-0.1, -0.05) is 6.92 Å². The predicted molar refractivity (Wildman–Crippen MR) is 77.8 cm³/mol. The van der Waals surface area contributed by atoms with Crippen LogP contribution in [0.2, 0.25) is 0 Å². The molecule has 0 atom stereocenters. The van der Waals surface area contributed by atoms with Crippen molar-refractivity contribution in [2.24, 2.45) is 0 Å². The van der Waals surface area contributed by atoms with Crippen molar-refractivity contribution in [2.75, 3.05) is 32.8 Å². The molecule has 0 saturated carbocycles. The molecule has 0 bridgehead atoms. The summed E-state index contributed by atoms with van der Waals surface area (Å²) in [6.07, 6.45) is 0. The Balaban J connectivity index is 2.33. The molecule has 1 aliphatic rings. The molecule has 0 radical (unpaired) electrons. The van der Waals surface area contributed by atoms with Gasteiger partial charge in [-0.25, -0.2) is 13.1 Å². The van der Waals surface area contributed by atoms with Crippen LogP contribution in [0.15, 0.2) is 17.0 Å². The van der Waals surface area contributed by atoms with Gasteiger partial charge in [0.25, 0.3) is 5.69 Å². The molecule has 0 saturated heterocycles. The van der Waals surface area contributed by atoms with E-state index in [0.717, 1.165) is 12.1 Å². The number of nitrogens with one attached hydrogen (secondary N) is 2. The van der Waals surface area contributed by atoms with Crippen molar-refractivity contribution in [2.45, 2.75) is 11.8 Å².